The van der Waals surface area contributed by atoms with Crippen molar-refractivity contribution in [2.75, 3.05) is 20.3 Å². The van der Waals surface area contributed by atoms with Gasteiger partial charge < -0.3 is 29.7 Å². The molecule has 0 unspecified atom stereocenters. The van der Waals surface area contributed by atoms with Gasteiger partial charge in [-0.3, -0.25) is 19.1 Å². The number of aromatic nitrogens is 1. The van der Waals surface area contributed by atoms with E-state index in [4.69, 9.17) is 19.2 Å². The summed E-state index contributed by atoms with van der Waals surface area (Å²) in [5, 5.41) is 6.73. The number of carbonyl (C=O) groups is 4. The van der Waals surface area contributed by atoms with E-state index >= 15 is 0 Å². The molecule has 8 rings (SSSR count). The van der Waals surface area contributed by atoms with Gasteiger partial charge in [-0.05, 0) is 89.7 Å². The Morgan fingerprint density at radius 2 is 1.89 bits per heavy atom. The summed E-state index contributed by atoms with van der Waals surface area (Å²) >= 11 is 0. The molecule has 3 saturated carbocycles. The number of sulfonamides is 1. The Kier molecular flexibility index (Phi) is 9.97. The molecule has 5 atom stereocenters. The molecule has 3 aliphatic carbocycles. The molecule has 4 fully saturated rings. The third kappa shape index (κ3) is 7.20. The second-order valence-corrected chi connectivity index (χ2v) is 19.2. The highest BCUT2D eigenvalue weighted by Crippen LogP contribution is 2.52. The normalized spacial score (nSPS) is 29.8. The smallest absolute Gasteiger partial charge is 0.407 e. The number of pyridine rings is 1. The lowest BCUT2D eigenvalue weighted by Crippen LogP contribution is -2.58. The summed E-state index contributed by atoms with van der Waals surface area (Å²) in [7, 11) is -2.36. The van der Waals surface area contributed by atoms with Crippen molar-refractivity contribution in [1.82, 2.24) is 25.2 Å². The molecule has 14 nitrogen and oxygen atoms in total. The molecule has 1 aromatic carbocycles. The lowest BCUT2D eigenvalue weighted by atomic mass is 9.86. The van der Waals surface area contributed by atoms with Crippen molar-refractivity contribution >= 4 is 44.7 Å². The monoisotopic (exact) mass is 791 g/mol. The van der Waals surface area contributed by atoms with Gasteiger partial charge in [-0.2, -0.15) is 0 Å². The van der Waals surface area contributed by atoms with Crippen LogP contribution >= 0.6 is 0 Å². The van der Waals surface area contributed by atoms with Crippen molar-refractivity contribution in [2.24, 2.45) is 5.92 Å². The second-order valence-electron chi connectivity index (χ2n) is 17.0. The van der Waals surface area contributed by atoms with E-state index in [0.717, 1.165) is 47.8 Å². The number of nitrogens with one attached hydrogen (secondary N) is 3. The number of amides is 4. The zero-order valence-electron chi connectivity index (χ0n) is 32.5. The first-order chi connectivity index (χ1) is 26.8. The molecule has 302 valence electrons. The highest BCUT2D eigenvalue weighted by molar-refractivity contribution is 7.91. The Hall–Kier alpha value is -4.40. The molecule has 3 aliphatic heterocycles. The number of hydrogen-bond acceptors (Lipinski definition) is 10. The van der Waals surface area contributed by atoms with E-state index in [1.165, 1.54) is 4.90 Å². The van der Waals surface area contributed by atoms with Crippen LogP contribution in [-0.2, 0) is 35.6 Å². The number of alkyl carbamates (subject to hydrolysis) is 1. The van der Waals surface area contributed by atoms with Crippen molar-refractivity contribution in [1.29, 1.82) is 0 Å². The number of methoxy groups -OCH3 is 1. The fourth-order valence-corrected chi connectivity index (χ4v) is 9.99. The molecule has 1 spiro atoms. The summed E-state index contributed by atoms with van der Waals surface area (Å²) in [5.41, 5.74) is 0.277. The van der Waals surface area contributed by atoms with Gasteiger partial charge in [0.15, 0.2) is 0 Å². The predicted molar refractivity (Wildman–Crippen MR) is 207 cm³/mol. The Morgan fingerprint density at radius 1 is 1.09 bits per heavy atom. The molecule has 1 saturated heterocycles. The molecule has 15 heteroatoms. The maximum atomic E-state index is 14.7. The zero-order valence-corrected chi connectivity index (χ0v) is 33.3. The van der Waals surface area contributed by atoms with Gasteiger partial charge in [0.05, 0.1) is 36.2 Å². The summed E-state index contributed by atoms with van der Waals surface area (Å²) in [6.45, 7) is 3.76. The fraction of sp³-hybridized carbons (Fsp3) is 0.634. The van der Waals surface area contributed by atoms with Gasteiger partial charge in [-0.1, -0.05) is 31.9 Å². The average molecular weight is 792 g/mol. The van der Waals surface area contributed by atoms with E-state index < -0.39 is 67.7 Å². The lowest BCUT2D eigenvalue weighted by Gasteiger charge is -2.37. The largest absolute Gasteiger partial charge is 0.497 e. The van der Waals surface area contributed by atoms with Gasteiger partial charge in [-0.15, -0.1) is 0 Å². The quantitative estimate of drug-likeness (QED) is 0.318. The SMILES string of the molecule is CCCOC(=O)N[C@H]1CCCCCC=C[C@@H]2C[C@@]2(C(=O)NS(=O)(=O)C2(C)CC2)NC(=O)[C@@H]2C[C@]3(CCc4c(c(C5CC5)nc5cc(OC)ccc45)O3)CN2C1=O. The van der Waals surface area contributed by atoms with Gasteiger partial charge in [0.2, 0.25) is 21.8 Å². The Bertz CT molecular complexity index is 2080. The molecule has 4 amide bonds. The minimum atomic E-state index is -3.98. The van der Waals surface area contributed by atoms with E-state index in [1.807, 2.05) is 37.3 Å². The topological polar surface area (TPSA) is 182 Å². The maximum absolute atomic E-state index is 14.7. The van der Waals surface area contributed by atoms with Crippen LogP contribution in [-0.4, -0.2) is 90.3 Å². The first kappa shape index (κ1) is 38.5. The van der Waals surface area contributed by atoms with Crippen LogP contribution in [0.2, 0.25) is 0 Å². The fourth-order valence-electron chi connectivity index (χ4n) is 8.68. The zero-order chi connectivity index (χ0) is 39.5. The van der Waals surface area contributed by atoms with Crippen LogP contribution in [0.1, 0.15) is 114 Å². The lowest BCUT2D eigenvalue weighted by molar-refractivity contribution is -0.141. The number of nitrogens with zero attached hydrogens (tertiary/aromatic N) is 2. The summed E-state index contributed by atoms with van der Waals surface area (Å²) in [4.78, 5) is 62.9. The Balaban J connectivity index is 1.14. The Morgan fingerprint density at radius 3 is 2.62 bits per heavy atom. The highest BCUT2D eigenvalue weighted by atomic mass is 32.2. The number of allylic oxidation sites excluding steroid dienone is 1. The molecular formula is C41H53N5O9S. The molecule has 0 radical (unpaired) electrons. The first-order valence-corrected chi connectivity index (χ1v) is 21.8. The standard InChI is InChI=1S/C41H53N5O9S/c1-4-20-54-38(50)43-30-11-9-7-5-6-8-10-26-22-41(26,37(49)45-56(51,52)39(2)18-19-39)44-35(47)32-23-40(24-46(32)36(30)48)17-16-29-28-15-14-27(53-3)21-31(28)42-33(25-12-13-25)34(29)55-40/h8,10,14-15,21,25-26,30,32H,4-7,9,11-13,16-20,22-24H2,1-3H3,(H,43,50)(H,44,47)(H,45,49)/t26-,30+,32+,40-,41-/m1/s1. The van der Waals surface area contributed by atoms with Crippen molar-refractivity contribution in [3.8, 4) is 11.5 Å². The van der Waals surface area contributed by atoms with Crippen LogP contribution in [0.3, 0.4) is 0 Å². The average Bonchev–Trinajstić information content (AvgIpc) is 4.11. The van der Waals surface area contributed by atoms with E-state index in [2.05, 4.69) is 15.4 Å². The van der Waals surface area contributed by atoms with Crippen LogP contribution in [0, 0.1) is 5.92 Å². The minimum Gasteiger partial charge on any atom is -0.497 e. The summed E-state index contributed by atoms with van der Waals surface area (Å²) in [6, 6.07) is 3.81. The molecule has 56 heavy (non-hydrogen) atoms. The molecule has 2 aromatic rings. The molecular weight excluding hydrogens is 739 g/mol. The maximum Gasteiger partial charge on any atom is 0.407 e. The van der Waals surface area contributed by atoms with Crippen LogP contribution < -0.4 is 24.8 Å². The van der Waals surface area contributed by atoms with E-state index in [0.29, 0.717) is 62.9 Å². The molecule has 3 N–H and O–H groups in total. The Labute approximate surface area is 327 Å². The van der Waals surface area contributed by atoms with Crippen molar-refractivity contribution in [3.05, 3.63) is 41.6 Å². The van der Waals surface area contributed by atoms with E-state index in [9.17, 15) is 27.6 Å². The van der Waals surface area contributed by atoms with Crippen molar-refractivity contribution < 1.29 is 41.8 Å². The molecule has 6 aliphatic rings. The van der Waals surface area contributed by atoms with Gasteiger partial charge in [0.25, 0.3) is 5.91 Å². The van der Waals surface area contributed by atoms with Gasteiger partial charge in [0, 0.05) is 35.3 Å². The first-order valence-electron chi connectivity index (χ1n) is 20.3. The number of aryl methyl sites for hydroxylation is 1. The predicted octanol–water partition coefficient (Wildman–Crippen LogP) is 4.68. The number of benzene rings is 1. The van der Waals surface area contributed by atoms with Gasteiger partial charge >= 0.3 is 6.09 Å². The molecule has 4 heterocycles. The highest BCUT2D eigenvalue weighted by Gasteiger charge is 2.64. The molecule has 1 aromatic heterocycles. The number of carbonyl (C=O) groups excluding carboxylic acids is 4. The van der Waals surface area contributed by atoms with Crippen molar-refractivity contribution in [3.63, 3.8) is 0 Å². The van der Waals surface area contributed by atoms with Crippen LogP contribution in [0.25, 0.3) is 10.9 Å². The van der Waals surface area contributed by atoms with E-state index in [1.54, 1.807) is 14.0 Å². The van der Waals surface area contributed by atoms with Crippen LogP contribution in [0.4, 0.5) is 4.79 Å². The number of ether oxygens (including phenoxy) is 3. The summed E-state index contributed by atoms with van der Waals surface area (Å²) in [6.07, 6.45) is 11.4. The minimum absolute atomic E-state index is 0.0750. The van der Waals surface area contributed by atoms with Crippen LogP contribution in [0.5, 0.6) is 11.5 Å². The van der Waals surface area contributed by atoms with Crippen molar-refractivity contribution in [2.45, 2.75) is 138 Å². The van der Waals surface area contributed by atoms with E-state index in [-0.39, 0.29) is 31.9 Å². The van der Waals surface area contributed by atoms with Crippen LogP contribution in [0.15, 0.2) is 30.4 Å². The third-order valence-corrected chi connectivity index (χ3v) is 14.9. The van der Waals surface area contributed by atoms with Gasteiger partial charge in [-0.25, -0.2) is 18.2 Å². The molecule has 0 bridgehead atoms. The summed E-state index contributed by atoms with van der Waals surface area (Å²) in [5.74, 6) is -0.539. The number of fused-ring (bicyclic) bond motifs is 5. The summed E-state index contributed by atoms with van der Waals surface area (Å²) < 4.78 is 45.6. The number of hydrogen-bond donors (Lipinski definition) is 3. The number of rotatable bonds is 8. The second kappa shape index (κ2) is 14.5. The van der Waals surface area contributed by atoms with Gasteiger partial charge in [0.1, 0.15) is 34.7 Å². The third-order valence-electron chi connectivity index (χ3n) is 12.7.